The number of rotatable bonds is 4. The van der Waals surface area contributed by atoms with E-state index in [0.717, 1.165) is 19.4 Å². The lowest BCUT2D eigenvalue weighted by Crippen LogP contribution is -2.53. The van der Waals surface area contributed by atoms with E-state index in [-0.39, 0.29) is 17.2 Å². The number of nitrogens with zero attached hydrogens (tertiary/aromatic N) is 2. The highest BCUT2D eigenvalue weighted by Crippen LogP contribution is 2.40. The van der Waals surface area contributed by atoms with Crippen LogP contribution in [0.1, 0.15) is 81.1 Å². The average Bonchev–Trinajstić information content (AvgIpc) is 2.61. The molecule has 1 fully saturated rings. The van der Waals surface area contributed by atoms with Gasteiger partial charge in [0.2, 0.25) is 0 Å². The van der Waals surface area contributed by atoms with Gasteiger partial charge in [0.1, 0.15) is 5.60 Å². The first kappa shape index (κ1) is 20.3. The summed E-state index contributed by atoms with van der Waals surface area (Å²) in [5, 5.41) is 0. The van der Waals surface area contributed by atoms with Crippen LogP contribution in [0.25, 0.3) is 0 Å². The number of ether oxygens (including phenoxy) is 1. The molecule has 0 saturated carbocycles. The van der Waals surface area contributed by atoms with Gasteiger partial charge in [-0.15, -0.1) is 0 Å². The molecule has 1 aliphatic heterocycles. The number of likely N-dealkylation sites (tertiary alicyclic amines) is 1. The van der Waals surface area contributed by atoms with Crippen LogP contribution in [0.3, 0.4) is 0 Å². The van der Waals surface area contributed by atoms with Crippen molar-refractivity contribution in [2.45, 2.75) is 104 Å². The maximum Gasteiger partial charge on any atom is 0.410 e. The third-order valence-electron chi connectivity index (χ3n) is 4.57. The Balaban J connectivity index is 2.51. The van der Waals surface area contributed by atoms with Crippen molar-refractivity contribution in [1.82, 2.24) is 9.80 Å². The van der Waals surface area contributed by atoms with Gasteiger partial charge >= 0.3 is 6.09 Å². The van der Waals surface area contributed by atoms with Gasteiger partial charge in [-0.25, -0.2) is 4.79 Å². The molecule has 0 N–H and O–H groups in total. The highest BCUT2D eigenvalue weighted by molar-refractivity contribution is 5.67. The molecule has 1 amide bonds. The van der Waals surface area contributed by atoms with Gasteiger partial charge in [-0.2, -0.15) is 0 Å². The summed E-state index contributed by atoms with van der Waals surface area (Å²) < 4.78 is 5.41. The molecule has 136 valence electrons. The smallest absolute Gasteiger partial charge is 0.410 e. The van der Waals surface area contributed by atoms with E-state index in [0.29, 0.717) is 6.04 Å². The van der Waals surface area contributed by atoms with Crippen molar-refractivity contribution in [3.63, 3.8) is 0 Å². The Kier molecular flexibility index (Phi) is 6.17. The Bertz CT molecular complexity index is 405. The standard InChI is InChI=1S/C19H38N2O2/c1-17(2,3)21-15(12-13-19(21,7)8)11-10-14-20(9)16(22)23-18(4,5)6/h15H,10-14H2,1-9H3. The van der Waals surface area contributed by atoms with Crippen LogP contribution in [0.5, 0.6) is 0 Å². The van der Waals surface area contributed by atoms with Crippen LogP contribution in [0.15, 0.2) is 0 Å². The average molecular weight is 327 g/mol. The fourth-order valence-electron chi connectivity index (χ4n) is 3.99. The van der Waals surface area contributed by atoms with Gasteiger partial charge in [0, 0.05) is 30.7 Å². The zero-order valence-corrected chi connectivity index (χ0v) is 16.8. The van der Waals surface area contributed by atoms with Crippen molar-refractivity contribution in [3.8, 4) is 0 Å². The van der Waals surface area contributed by atoms with Crippen LogP contribution in [0.2, 0.25) is 0 Å². The van der Waals surface area contributed by atoms with Crippen LogP contribution < -0.4 is 0 Å². The molecule has 1 aliphatic rings. The molecular weight excluding hydrogens is 288 g/mol. The van der Waals surface area contributed by atoms with Crippen molar-refractivity contribution in [2.75, 3.05) is 13.6 Å². The first-order valence-electron chi connectivity index (χ1n) is 8.97. The van der Waals surface area contributed by atoms with Gasteiger partial charge in [0.05, 0.1) is 0 Å². The summed E-state index contributed by atoms with van der Waals surface area (Å²) >= 11 is 0. The lowest BCUT2D eigenvalue weighted by Gasteiger charge is -2.46. The van der Waals surface area contributed by atoms with E-state index >= 15 is 0 Å². The Morgan fingerprint density at radius 3 is 2.26 bits per heavy atom. The van der Waals surface area contributed by atoms with Crippen LogP contribution in [-0.2, 0) is 4.74 Å². The number of hydrogen-bond acceptors (Lipinski definition) is 3. The second-order valence-electron chi connectivity index (χ2n) is 9.59. The first-order chi connectivity index (χ1) is 10.2. The first-order valence-corrected chi connectivity index (χ1v) is 8.97. The van der Waals surface area contributed by atoms with Crippen molar-refractivity contribution in [2.24, 2.45) is 0 Å². The van der Waals surface area contributed by atoms with E-state index < -0.39 is 5.60 Å². The van der Waals surface area contributed by atoms with Crippen LogP contribution in [0, 0.1) is 0 Å². The molecule has 1 saturated heterocycles. The van der Waals surface area contributed by atoms with Gasteiger partial charge in [-0.3, -0.25) is 4.90 Å². The lowest BCUT2D eigenvalue weighted by atomic mass is 9.95. The summed E-state index contributed by atoms with van der Waals surface area (Å²) in [5.74, 6) is 0. The Labute approximate surface area is 143 Å². The molecule has 1 rings (SSSR count). The van der Waals surface area contributed by atoms with Crippen LogP contribution in [-0.4, -0.2) is 52.2 Å². The van der Waals surface area contributed by atoms with Crippen LogP contribution >= 0.6 is 0 Å². The minimum atomic E-state index is -0.427. The molecule has 0 bridgehead atoms. The maximum atomic E-state index is 12.0. The molecule has 4 heteroatoms. The predicted octanol–water partition coefficient (Wildman–Crippen LogP) is 4.68. The van der Waals surface area contributed by atoms with E-state index in [1.54, 1.807) is 4.90 Å². The SMILES string of the molecule is CN(CCCC1CCC(C)(C)N1C(C)(C)C)C(=O)OC(C)(C)C. The highest BCUT2D eigenvalue weighted by atomic mass is 16.6. The van der Waals surface area contributed by atoms with E-state index in [1.165, 1.54) is 12.8 Å². The number of amides is 1. The van der Waals surface area contributed by atoms with E-state index in [1.807, 2.05) is 27.8 Å². The second-order valence-corrected chi connectivity index (χ2v) is 9.59. The minimum absolute atomic E-state index is 0.182. The fourth-order valence-corrected chi connectivity index (χ4v) is 3.99. The van der Waals surface area contributed by atoms with Gasteiger partial charge in [-0.1, -0.05) is 0 Å². The van der Waals surface area contributed by atoms with E-state index in [2.05, 4.69) is 39.5 Å². The summed E-state index contributed by atoms with van der Waals surface area (Å²) in [6.07, 6.45) is 4.42. The molecule has 0 aromatic carbocycles. The molecule has 0 aromatic rings. The third kappa shape index (κ3) is 5.98. The topological polar surface area (TPSA) is 32.8 Å². The molecule has 0 spiro atoms. The Morgan fingerprint density at radius 1 is 1.22 bits per heavy atom. The molecule has 1 unspecified atom stereocenters. The summed E-state index contributed by atoms with van der Waals surface area (Å²) in [6, 6.07) is 0.608. The minimum Gasteiger partial charge on any atom is -0.444 e. The fraction of sp³-hybridized carbons (Fsp3) is 0.947. The summed E-state index contributed by atoms with van der Waals surface area (Å²) in [6.45, 7) is 18.1. The molecule has 4 nitrogen and oxygen atoms in total. The number of hydrogen-bond donors (Lipinski definition) is 0. The maximum absolute atomic E-state index is 12.0. The lowest BCUT2D eigenvalue weighted by molar-refractivity contribution is 0.0207. The molecule has 0 aromatic heterocycles. The quantitative estimate of drug-likeness (QED) is 0.752. The van der Waals surface area contributed by atoms with Crippen molar-refractivity contribution >= 4 is 6.09 Å². The zero-order chi connectivity index (χ0) is 18.1. The van der Waals surface area contributed by atoms with Crippen molar-refractivity contribution in [3.05, 3.63) is 0 Å². The highest BCUT2D eigenvalue weighted by Gasteiger charge is 2.44. The Morgan fingerprint density at radius 2 is 1.78 bits per heavy atom. The molecule has 0 radical (unpaired) electrons. The third-order valence-corrected chi connectivity index (χ3v) is 4.57. The summed E-state index contributed by atoms with van der Waals surface area (Å²) in [4.78, 5) is 16.4. The van der Waals surface area contributed by atoms with Gasteiger partial charge in [0.25, 0.3) is 0 Å². The molecule has 1 heterocycles. The largest absolute Gasteiger partial charge is 0.444 e. The monoisotopic (exact) mass is 326 g/mol. The predicted molar refractivity (Wildman–Crippen MR) is 96.8 cm³/mol. The molecule has 0 aliphatic carbocycles. The normalized spacial score (nSPS) is 22.2. The van der Waals surface area contributed by atoms with Crippen molar-refractivity contribution in [1.29, 1.82) is 0 Å². The van der Waals surface area contributed by atoms with Crippen LogP contribution in [0.4, 0.5) is 4.79 Å². The number of carbonyl (C=O) groups is 1. The van der Waals surface area contributed by atoms with Gasteiger partial charge < -0.3 is 9.64 Å². The molecule has 23 heavy (non-hydrogen) atoms. The summed E-state index contributed by atoms with van der Waals surface area (Å²) in [7, 11) is 1.83. The van der Waals surface area contributed by atoms with E-state index in [4.69, 9.17) is 4.74 Å². The Hall–Kier alpha value is -0.770. The van der Waals surface area contributed by atoms with Crippen molar-refractivity contribution < 1.29 is 9.53 Å². The van der Waals surface area contributed by atoms with Gasteiger partial charge in [-0.05, 0) is 81.1 Å². The number of carbonyl (C=O) groups excluding carboxylic acids is 1. The van der Waals surface area contributed by atoms with Gasteiger partial charge in [0.15, 0.2) is 0 Å². The second kappa shape index (κ2) is 7.00. The molecular formula is C19H38N2O2. The molecule has 1 atom stereocenters. The van der Waals surface area contributed by atoms with E-state index in [9.17, 15) is 4.79 Å². The summed E-state index contributed by atoms with van der Waals surface area (Å²) in [5.41, 5.74) is 0.0194. The zero-order valence-electron chi connectivity index (χ0n) is 16.8.